The largest absolute Gasteiger partial charge is 0.456 e. The second-order valence-corrected chi connectivity index (χ2v) is 13.0. The number of para-hydroxylation sites is 1. The fourth-order valence-corrected chi connectivity index (χ4v) is 7.18. The molecule has 1 atom stereocenters. The lowest BCUT2D eigenvalue weighted by atomic mass is 9.92. The predicted octanol–water partition coefficient (Wildman–Crippen LogP) is 6.40. The zero-order chi connectivity index (χ0) is 31.3. The summed E-state index contributed by atoms with van der Waals surface area (Å²) in [6.07, 6.45) is 0.322. The van der Waals surface area contributed by atoms with E-state index in [-0.39, 0.29) is 23.9 Å². The first kappa shape index (κ1) is 31.0. The lowest BCUT2D eigenvalue weighted by Crippen LogP contribution is -2.41. The van der Waals surface area contributed by atoms with Gasteiger partial charge in [0.1, 0.15) is 0 Å². The highest BCUT2D eigenvalue weighted by Crippen LogP contribution is 2.36. The van der Waals surface area contributed by atoms with E-state index in [0.717, 1.165) is 28.1 Å². The van der Waals surface area contributed by atoms with E-state index < -0.39 is 34.5 Å². The minimum absolute atomic E-state index is 0.173. The Morgan fingerprint density at radius 1 is 0.886 bits per heavy atom. The smallest absolute Gasteiger partial charge is 0.308 e. The molecule has 1 aliphatic rings. The Bertz CT molecular complexity index is 1710. The topological polar surface area (TPSA) is 96.0 Å². The van der Waals surface area contributed by atoms with Gasteiger partial charge in [0.25, 0.3) is 5.91 Å². The Kier molecular flexibility index (Phi) is 9.46. The van der Waals surface area contributed by atoms with Crippen LogP contribution in [0.1, 0.15) is 43.0 Å². The number of sulfonamides is 1. The summed E-state index contributed by atoms with van der Waals surface area (Å²) in [5, 5.41) is 2.77. The van der Waals surface area contributed by atoms with E-state index in [4.69, 9.17) is 4.74 Å². The highest BCUT2D eigenvalue weighted by atomic mass is 32.2. The first-order chi connectivity index (χ1) is 21.1. The zero-order valence-electron chi connectivity index (χ0n) is 25.1. The van der Waals surface area contributed by atoms with Crippen molar-refractivity contribution in [1.29, 1.82) is 0 Å². The van der Waals surface area contributed by atoms with E-state index in [9.17, 15) is 18.0 Å². The van der Waals surface area contributed by atoms with Gasteiger partial charge in [0.15, 0.2) is 6.61 Å². The van der Waals surface area contributed by atoms with Crippen molar-refractivity contribution in [2.24, 2.45) is 0 Å². The van der Waals surface area contributed by atoms with Gasteiger partial charge in [-0.15, -0.1) is 0 Å². The van der Waals surface area contributed by atoms with Gasteiger partial charge in [0, 0.05) is 29.6 Å². The fourth-order valence-electron chi connectivity index (χ4n) is 5.57. The molecule has 4 aromatic rings. The van der Waals surface area contributed by atoms with Crippen molar-refractivity contribution in [2.75, 3.05) is 23.4 Å². The number of aryl methyl sites for hydroxylation is 1. The predicted molar refractivity (Wildman–Crippen MR) is 172 cm³/mol. The van der Waals surface area contributed by atoms with Crippen molar-refractivity contribution in [2.45, 2.75) is 50.6 Å². The fraction of sp³-hybridized carbons (Fsp3) is 0.257. The van der Waals surface area contributed by atoms with Crippen LogP contribution < -0.4 is 10.2 Å². The lowest BCUT2D eigenvalue weighted by molar-refractivity contribution is -0.148. The summed E-state index contributed by atoms with van der Waals surface area (Å²) in [6, 6.07) is 31.2. The van der Waals surface area contributed by atoms with E-state index in [1.54, 1.807) is 36.4 Å². The average molecular weight is 612 g/mol. The molecular formula is C35H37N3O5S. The summed E-state index contributed by atoms with van der Waals surface area (Å²) >= 11 is 0. The summed E-state index contributed by atoms with van der Waals surface area (Å²) < 4.78 is 34.0. The van der Waals surface area contributed by atoms with Crippen molar-refractivity contribution < 1.29 is 22.7 Å². The Labute approximate surface area is 259 Å². The Balaban J connectivity index is 1.23. The van der Waals surface area contributed by atoms with Gasteiger partial charge in [0.05, 0.1) is 17.4 Å². The molecule has 0 aliphatic carbocycles. The maximum Gasteiger partial charge on any atom is 0.308 e. The number of anilines is 3. The van der Waals surface area contributed by atoms with Gasteiger partial charge >= 0.3 is 5.97 Å². The van der Waals surface area contributed by atoms with Crippen LogP contribution in [0.4, 0.5) is 17.1 Å². The number of hydrogen-bond donors (Lipinski definition) is 1. The normalized spacial score (nSPS) is 15.0. The molecule has 44 heavy (non-hydrogen) atoms. The van der Waals surface area contributed by atoms with Crippen LogP contribution >= 0.6 is 0 Å². The molecule has 0 spiro atoms. The molecule has 0 radical (unpaired) electrons. The number of rotatable bonds is 10. The molecule has 0 fully saturated rings. The summed E-state index contributed by atoms with van der Waals surface area (Å²) in [4.78, 5) is 28.1. The molecule has 1 aliphatic heterocycles. The molecule has 9 heteroatoms. The number of carbonyl (C=O) groups excluding carboxylic acids is 2. The Morgan fingerprint density at radius 3 is 2.20 bits per heavy atom. The number of esters is 1. The molecule has 1 amide bonds. The molecule has 8 nitrogen and oxygen atoms in total. The molecule has 1 N–H and O–H groups in total. The third-order valence-electron chi connectivity index (χ3n) is 7.70. The first-order valence-electron chi connectivity index (χ1n) is 14.7. The van der Waals surface area contributed by atoms with Crippen LogP contribution in [0.5, 0.6) is 0 Å². The Morgan fingerprint density at radius 2 is 1.52 bits per heavy atom. The molecule has 0 saturated heterocycles. The van der Waals surface area contributed by atoms with Gasteiger partial charge in [-0.2, -0.15) is 4.31 Å². The number of benzene rings is 4. The molecule has 0 bridgehead atoms. The standard InChI is InChI=1S/C35H37N3O5S/c1-25(2)38(29-10-5-4-6-11-29)30-17-15-28(16-18-30)36-34(39)24-43-35(40)23-33-32-12-8-7-9-27(32)21-22-37(33)44(41,42)31-19-13-26(3)14-20-31/h4-20,25,33H,21-24H2,1-3H3,(H,36,39)/t33-/m1/s1. The second-order valence-electron chi connectivity index (χ2n) is 11.2. The van der Waals surface area contributed by atoms with Gasteiger partial charge in [-0.1, -0.05) is 60.2 Å². The van der Waals surface area contributed by atoms with Gasteiger partial charge in [0.2, 0.25) is 10.0 Å². The van der Waals surface area contributed by atoms with Crippen LogP contribution in [0.25, 0.3) is 0 Å². The molecule has 228 valence electrons. The number of hydrogen-bond acceptors (Lipinski definition) is 6. The number of amides is 1. The third-order valence-corrected chi connectivity index (χ3v) is 9.62. The first-order valence-corrected chi connectivity index (χ1v) is 16.1. The SMILES string of the molecule is Cc1ccc(S(=O)(=O)N2CCc3ccccc3[C@H]2CC(=O)OCC(=O)Nc2ccc(N(c3ccccc3)C(C)C)cc2)cc1. The maximum absolute atomic E-state index is 13.7. The lowest BCUT2D eigenvalue weighted by Gasteiger charge is -2.36. The van der Waals surface area contributed by atoms with Gasteiger partial charge in [-0.3, -0.25) is 9.59 Å². The molecular weight excluding hydrogens is 574 g/mol. The summed E-state index contributed by atoms with van der Waals surface area (Å²) in [5.41, 5.74) is 5.33. The van der Waals surface area contributed by atoms with Crippen molar-refractivity contribution >= 4 is 39.0 Å². The maximum atomic E-state index is 13.7. The van der Waals surface area contributed by atoms with Crippen molar-refractivity contribution in [3.05, 3.63) is 120 Å². The van der Waals surface area contributed by atoms with E-state index in [1.807, 2.05) is 73.7 Å². The molecule has 0 aromatic heterocycles. The number of carbonyl (C=O) groups is 2. The van der Waals surface area contributed by atoms with E-state index in [1.165, 1.54) is 4.31 Å². The minimum atomic E-state index is -3.88. The van der Waals surface area contributed by atoms with Gasteiger partial charge in [-0.25, -0.2) is 8.42 Å². The average Bonchev–Trinajstić information content (AvgIpc) is 3.01. The molecule has 0 saturated carbocycles. The third kappa shape index (κ3) is 7.01. The number of nitrogens with zero attached hydrogens (tertiary/aromatic N) is 2. The van der Waals surface area contributed by atoms with Gasteiger partial charge in [-0.05, 0) is 86.8 Å². The van der Waals surface area contributed by atoms with Crippen LogP contribution in [0.15, 0.2) is 108 Å². The quantitative estimate of drug-likeness (QED) is 0.209. The van der Waals surface area contributed by atoms with Crippen molar-refractivity contribution in [3.63, 3.8) is 0 Å². The van der Waals surface area contributed by atoms with Crippen LogP contribution in [-0.4, -0.2) is 43.8 Å². The highest BCUT2D eigenvalue weighted by Gasteiger charge is 2.38. The van der Waals surface area contributed by atoms with E-state index >= 15 is 0 Å². The second kappa shape index (κ2) is 13.4. The van der Waals surface area contributed by atoms with E-state index in [0.29, 0.717) is 12.1 Å². The number of fused-ring (bicyclic) bond motifs is 1. The van der Waals surface area contributed by atoms with Gasteiger partial charge < -0.3 is 15.0 Å². The number of nitrogens with one attached hydrogen (secondary N) is 1. The summed E-state index contributed by atoms with van der Waals surface area (Å²) in [7, 11) is -3.88. The highest BCUT2D eigenvalue weighted by molar-refractivity contribution is 7.89. The minimum Gasteiger partial charge on any atom is -0.456 e. The Hall–Kier alpha value is -4.47. The molecule has 0 unspecified atom stereocenters. The van der Waals surface area contributed by atoms with Crippen LogP contribution in [-0.2, 0) is 30.8 Å². The van der Waals surface area contributed by atoms with Crippen LogP contribution in [0.2, 0.25) is 0 Å². The zero-order valence-corrected chi connectivity index (χ0v) is 26.0. The molecule has 4 aromatic carbocycles. The van der Waals surface area contributed by atoms with Crippen molar-refractivity contribution in [1.82, 2.24) is 4.31 Å². The van der Waals surface area contributed by atoms with Crippen LogP contribution in [0, 0.1) is 6.92 Å². The monoisotopic (exact) mass is 611 g/mol. The number of ether oxygens (including phenoxy) is 1. The summed E-state index contributed by atoms with van der Waals surface area (Å²) in [5.74, 6) is -1.14. The van der Waals surface area contributed by atoms with Crippen molar-refractivity contribution in [3.8, 4) is 0 Å². The molecule has 1 heterocycles. The van der Waals surface area contributed by atoms with Crippen LogP contribution in [0.3, 0.4) is 0 Å². The molecule has 5 rings (SSSR count). The van der Waals surface area contributed by atoms with E-state index in [2.05, 4.69) is 24.1 Å². The summed E-state index contributed by atoms with van der Waals surface area (Å²) in [6.45, 7) is 5.87.